The second-order valence-corrected chi connectivity index (χ2v) is 4.95. The Morgan fingerprint density at radius 1 is 1.45 bits per heavy atom. The second kappa shape index (κ2) is 6.69. The van der Waals surface area contributed by atoms with Gasteiger partial charge >= 0.3 is 6.55 Å². The van der Waals surface area contributed by atoms with E-state index in [-0.39, 0.29) is 25.4 Å². The molecule has 0 saturated heterocycles. The van der Waals surface area contributed by atoms with Crippen LogP contribution in [0.2, 0.25) is 0 Å². The first-order valence-electron chi connectivity index (χ1n) is 6.80. The molecule has 1 amide bonds. The highest BCUT2D eigenvalue weighted by Gasteiger charge is 2.24. The standard InChI is InChI=1S/C14H18F2N4O2/c1-9-3-4-12(20(9)14(15)16)13(22)19(5-6-21)8-11-7-17-10(2)18-11/h3-4,7,14,21H,5-6,8H2,1-2H3,(H,17,18). The number of amides is 1. The molecule has 0 aliphatic rings. The maximum atomic E-state index is 13.1. The van der Waals surface area contributed by atoms with Gasteiger partial charge in [-0.3, -0.25) is 9.36 Å². The number of halogens is 2. The van der Waals surface area contributed by atoms with Gasteiger partial charge in [0.1, 0.15) is 11.5 Å². The number of imidazole rings is 1. The van der Waals surface area contributed by atoms with Crippen LogP contribution in [0.15, 0.2) is 18.3 Å². The van der Waals surface area contributed by atoms with E-state index >= 15 is 0 Å². The molecular weight excluding hydrogens is 294 g/mol. The Balaban J connectivity index is 2.26. The van der Waals surface area contributed by atoms with E-state index in [0.29, 0.717) is 21.8 Å². The number of nitrogens with one attached hydrogen (secondary N) is 1. The van der Waals surface area contributed by atoms with Crippen molar-refractivity contribution in [3.05, 3.63) is 41.2 Å². The lowest BCUT2D eigenvalue weighted by molar-refractivity contribution is 0.0530. The van der Waals surface area contributed by atoms with E-state index in [0.717, 1.165) is 0 Å². The highest BCUT2D eigenvalue weighted by molar-refractivity contribution is 5.93. The number of rotatable bonds is 6. The lowest BCUT2D eigenvalue weighted by Gasteiger charge is -2.22. The number of aliphatic hydroxyl groups is 1. The van der Waals surface area contributed by atoms with Crippen molar-refractivity contribution in [1.82, 2.24) is 19.4 Å². The van der Waals surface area contributed by atoms with Crippen molar-refractivity contribution in [2.24, 2.45) is 0 Å². The molecule has 8 heteroatoms. The number of alkyl halides is 2. The summed E-state index contributed by atoms with van der Waals surface area (Å²) >= 11 is 0. The van der Waals surface area contributed by atoms with E-state index in [1.165, 1.54) is 24.0 Å². The summed E-state index contributed by atoms with van der Waals surface area (Å²) in [5, 5.41) is 9.12. The van der Waals surface area contributed by atoms with E-state index in [4.69, 9.17) is 5.11 Å². The van der Waals surface area contributed by atoms with Gasteiger partial charge in [0, 0.05) is 12.2 Å². The predicted octanol–water partition coefficient (Wildman–Crippen LogP) is 1.86. The summed E-state index contributed by atoms with van der Waals surface area (Å²) < 4.78 is 26.9. The fourth-order valence-electron chi connectivity index (χ4n) is 2.28. The molecule has 120 valence electrons. The van der Waals surface area contributed by atoms with E-state index < -0.39 is 12.5 Å². The van der Waals surface area contributed by atoms with Crippen LogP contribution in [0.25, 0.3) is 0 Å². The number of carbonyl (C=O) groups excluding carboxylic acids is 1. The lowest BCUT2D eigenvalue weighted by Crippen LogP contribution is -2.34. The lowest BCUT2D eigenvalue weighted by atomic mass is 10.3. The van der Waals surface area contributed by atoms with Crippen molar-refractivity contribution in [3.8, 4) is 0 Å². The van der Waals surface area contributed by atoms with Crippen LogP contribution in [0.5, 0.6) is 0 Å². The molecular formula is C14H18F2N4O2. The van der Waals surface area contributed by atoms with Crippen molar-refractivity contribution < 1.29 is 18.7 Å². The summed E-state index contributed by atoms with van der Waals surface area (Å²) in [6.07, 6.45) is 1.57. The largest absolute Gasteiger partial charge is 0.395 e. The summed E-state index contributed by atoms with van der Waals surface area (Å²) in [5.74, 6) is 0.132. The Morgan fingerprint density at radius 3 is 2.73 bits per heavy atom. The molecule has 2 aromatic rings. The van der Waals surface area contributed by atoms with Crippen molar-refractivity contribution in [2.75, 3.05) is 13.2 Å². The number of hydrogen-bond donors (Lipinski definition) is 2. The van der Waals surface area contributed by atoms with Crippen LogP contribution < -0.4 is 0 Å². The van der Waals surface area contributed by atoms with Gasteiger partial charge in [-0.15, -0.1) is 0 Å². The van der Waals surface area contributed by atoms with E-state index in [1.807, 2.05) is 0 Å². The van der Waals surface area contributed by atoms with Gasteiger partial charge in [0.05, 0.1) is 25.0 Å². The summed E-state index contributed by atoms with van der Waals surface area (Å²) in [6, 6.07) is 2.84. The molecule has 0 saturated carbocycles. The van der Waals surface area contributed by atoms with Crippen LogP contribution in [0.4, 0.5) is 8.78 Å². The SMILES string of the molecule is Cc1ncc(CN(CCO)C(=O)c2ccc(C)n2C(F)F)[nH]1. The summed E-state index contributed by atoms with van der Waals surface area (Å²) in [5.41, 5.74) is 0.878. The minimum absolute atomic E-state index is 0.0460. The fourth-order valence-corrected chi connectivity index (χ4v) is 2.28. The number of hydrogen-bond acceptors (Lipinski definition) is 3. The molecule has 0 aliphatic carbocycles. The zero-order valence-electron chi connectivity index (χ0n) is 12.4. The third-order valence-electron chi connectivity index (χ3n) is 3.31. The number of aryl methyl sites for hydroxylation is 2. The Hall–Kier alpha value is -2.22. The van der Waals surface area contributed by atoms with Gasteiger partial charge in [-0.25, -0.2) is 4.98 Å². The molecule has 2 N–H and O–H groups in total. The molecule has 0 atom stereocenters. The van der Waals surface area contributed by atoms with E-state index in [1.54, 1.807) is 13.1 Å². The third-order valence-corrected chi connectivity index (χ3v) is 3.31. The first kappa shape index (κ1) is 16.2. The van der Waals surface area contributed by atoms with Gasteiger partial charge in [-0.05, 0) is 26.0 Å². The molecule has 0 spiro atoms. The van der Waals surface area contributed by atoms with Crippen LogP contribution in [0.3, 0.4) is 0 Å². The van der Waals surface area contributed by atoms with E-state index in [2.05, 4.69) is 9.97 Å². The van der Waals surface area contributed by atoms with Gasteiger partial charge in [-0.1, -0.05) is 0 Å². The van der Waals surface area contributed by atoms with Crippen LogP contribution >= 0.6 is 0 Å². The van der Waals surface area contributed by atoms with Gasteiger partial charge in [0.15, 0.2) is 0 Å². The maximum absolute atomic E-state index is 13.1. The summed E-state index contributed by atoms with van der Waals surface area (Å²) in [4.78, 5) is 20.8. The zero-order chi connectivity index (χ0) is 16.3. The highest BCUT2D eigenvalue weighted by atomic mass is 19.3. The van der Waals surface area contributed by atoms with Crippen LogP contribution in [-0.4, -0.2) is 43.6 Å². The molecule has 0 aromatic carbocycles. The molecule has 0 aliphatic heterocycles. The van der Waals surface area contributed by atoms with Gasteiger partial charge < -0.3 is 15.0 Å². The molecule has 0 fully saturated rings. The monoisotopic (exact) mass is 312 g/mol. The molecule has 22 heavy (non-hydrogen) atoms. The Labute approximate surface area is 126 Å². The van der Waals surface area contributed by atoms with Crippen molar-refractivity contribution >= 4 is 5.91 Å². The number of aromatic amines is 1. The summed E-state index contributed by atoms with van der Waals surface area (Å²) in [7, 11) is 0. The zero-order valence-corrected chi connectivity index (χ0v) is 12.4. The first-order chi connectivity index (χ1) is 10.4. The molecule has 2 rings (SSSR count). The number of nitrogens with zero attached hydrogens (tertiary/aromatic N) is 3. The fraction of sp³-hybridized carbons (Fsp3) is 0.429. The Bertz CT molecular complexity index is 651. The molecule has 2 aromatic heterocycles. The van der Waals surface area contributed by atoms with Crippen molar-refractivity contribution in [2.45, 2.75) is 26.9 Å². The topological polar surface area (TPSA) is 74.2 Å². The van der Waals surface area contributed by atoms with Crippen molar-refractivity contribution in [1.29, 1.82) is 0 Å². The molecule has 0 unspecified atom stereocenters. The maximum Gasteiger partial charge on any atom is 0.319 e. The third kappa shape index (κ3) is 3.33. The average Bonchev–Trinajstić information content (AvgIpc) is 3.03. The van der Waals surface area contributed by atoms with Gasteiger partial charge in [0.2, 0.25) is 0 Å². The van der Waals surface area contributed by atoms with E-state index in [9.17, 15) is 13.6 Å². The highest BCUT2D eigenvalue weighted by Crippen LogP contribution is 2.20. The number of H-pyrrole nitrogens is 1. The summed E-state index contributed by atoms with van der Waals surface area (Å²) in [6.45, 7) is 0.440. The molecule has 2 heterocycles. The predicted molar refractivity (Wildman–Crippen MR) is 75.6 cm³/mol. The molecule has 0 bridgehead atoms. The number of carbonyl (C=O) groups is 1. The normalized spacial score (nSPS) is 11.2. The Kier molecular flexibility index (Phi) is 4.92. The van der Waals surface area contributed by atoms with Crippen LogP contribution in [0.1, 0.15) is 34.3 Å². The van der Waals surface area contributed by atoms with Crippen LogP contribution in [0, 0.1) is 13.8 Å². The minimum atomic E-state index is -2.79. The van der Waals surface area contributed by atoms with Crippen LogP contribution in [-0.2, 0) is 6.54 Å². The Morgan fingerprint density at radius 2 is 2.18 bits per heavy atom. The first-order valence-corrected chi connectivity index (χ1v) is 6.80. The average molecular weight is 312 g/mol. The van der Waals surface area contributed by atoms with Crippen molar-refractivity contribution in [3.63, 3.8) is 0 Å². The number of aromatic nitrogens is 3. The second-order valence-electron chi connectivity index (χ2n) is 4.95. The quantitative estimate of drug-likeness (QED) is 0.855. The molecule has 6 nitrogen and oxygen atoms in total. The van der Waals surface area contributed by atoms with Gasteiger partial charge in [0.25, 0.3) is 5.91 Å². The smallest absolute Gasteiger partial charge is 0.319 e. The molecule has 0 radical (unpaired) electrons. The van der Waals surface area contributed by atoms with Gasteiger partial charge in [-0.2, -0.15) is 8.78 Å². The number of aliphatic hydroxyl groups excluding tert-OH is 1. The minimum Gasteiger partial charge on any atom is -0.395 e.